The Balaban J connectivity index is 1.83. The summed E-state index contributed by atoms with van der Waals surface area (Å²) in [5, 5.41) is 4.01. The quantitative estimate of drug-likeness (QED) is 0.332. The Morgan fingerprint density at radius 3 is 2.52 bits per heavy atom. The zero-order valence-corrected chi connectivity index (χ0v) is 17.4. The molecule has 2 aromatic heterocycles. The number of benzene rings is 2. The van der Waals surface area contributed by atoms with Crippen molar-refractivity contribution in [1.29, 1.82) is 0 Å². The fourth-order valence-corrected chi connectivity index (χ4v) is 5.76. The molecule has 29 heavy (non-hydrogen) atoms. The smallest absolute Gasteiger partial charge is 0.0802 e. The highest BCUT2D eigenvalue weighted by atomic mass is 14.8. The van der Waals surface area contributed by atoms with Crippen molar-refractivity contribution < 1.29 is 0 Å². The van der Waals surface area contributed by atoms with Gasteiger partial charge in [-0.15, -0.1) is 0 Å². The Labute approximate surface area is 172 Å². The topological polar surface area (TPSA) is 25.8 Å². The van der Waals surface area contributed by atoms with Crippen molar-refractivity contribution in [3.63, 3.8) is 0 Å². The molecule has 0 radical (unpaired) electrons. The van der Waals surface area contributed by atoms with E-state index in [9.17, 15) is 0 Å². The summed E-state index contributed by atoms with van der Waals surface area (Å²) in [7, 11) is 0. The predicted molar refractivity (Wildman–Crippen MR) is 120 cm³/mol. The van der Waals surface area contributed by atoms with Crippen molar-refractivity contribution in [1.82, 2.24) is 9.97 Å². The molecule has 2 aliphatic carbocycles. The first-order valence-corrected chi connectivity index (χ1v) is 10.8. The van der Waals surface area contributed by atoms with E-state index in [0.717, 1.165) is 11.2 Å². The Bertz CT molecular complexity index is 1290. The molecule has 2 heterocycles. The van der Waals surface area contributed by atoms with Crippen molar-refractivity contribution in [2.45, 2.75) is 57.3 Å². The van der Waals surface area contributed by atoms with Crippen molar-refractivity contribution in [3.05, 3.63) is 71.5 Å². The number of hydrogen-bond acceptors (Lipinski definition) is 2. The van der Waals surface area contributed by atoms with Crippen LogP contribution in [0.1, 0.15) is 63.3 Å². The number of pyridine rings is 2. The van der Waals surface area contributed by atoms with Crippen LogP contribution in [-0.4, -0.2) is 9.97 Å². The van der Waals surface area contributed by atoms with Crippen LogP contribution in [0.5, 0.6) is 0 Å². The third kappa shape index (κ3) is 2.23. The minimum atomic E-state index is 0.0208. The van der Waals surface area contributed by atoms with E-state index in [0.29, 0.717) is 0 Å². The van der Waals surface area contributed by atoms with Gasteiger partial charge in [-0.05, 0) is 46.9 Å². The lowest BCUT2D eigenvalue weighted by atomic mass is 9.64. The summed E-state index contributed by atoms with van der Waals surface area (Å²) >= 11 is 0. The standard InChI is InChI=1S/C27H26N2/c1-26(2,3)22-16-20-23-21(29-22)12-15-28-25(23)19-11-10-17-8-4-5-9-18(17)24(19)27(20)13-6-7-14-27/h4-5,8-12,15-16H,6-7,13-14H2,1-3H3. The fraction of sp³-hybridized carbons (Fsp3) is 0.333. The first-order chi connectivity index (χ1) is 14.0. The van der Waals surface area contributed by atoms with Gasteiger partial charge in [0.25, 0.3) is 0 Å². The van der Waals surface area contributed by atoms with Gasteiger partial charge in [0.15, 0.2) is 0 Å². The average Bonchev–Trinajstić information content (AvgIpc) is 3.20. The molecule has 2 nitrogen and oxygen atoms in total. The number of fused-ring (bicyclic) bond motifs is 6. The highest BCUT2D eigenvalue weighted by Crippen LogP contribution is 2.57. The molecule has 2 aliphatic rings. The van der Waals surface area contributed by atoms with Crippen molar-refractivity contribution in [2.75, 3.05) is 0 Å². The summed E-state index contributed by atoms with van der Waals surface area (Å²) in [5.41, 5.74) is 7.79. The summed E-state index contributed by atoms with van der Waals surface area (Å²) in [6.45, 7) is 6.80. The van der Waals surface area contributed by atoms with E-state index in [2.05, 4.69) is 69.3 Å². The Kier molecular flexibility index (Phi) is 3.35. The van der Waals surface area contributed by atoms with Crippen LogP contribution in [-0.2, 0) is 10.8 Å². The van der Waals surface area contributed by atoms with Crippen molar-refractivity contribution in [2.24, 2.45) is 0 Å². The average molecular weight is 379 g/mol. The second kappa shape index (κ2) is 5.66. The maximum atomic E-state index is 5.10. The molecule has 1 spiro atoms. The van der Waals surface area contributed by atoms with Crippen molar-refractivity contribution in [3.8, 4) is 11.3 Å². The molecule has 0 unspecified atom stereocenters. The highest BCUT2D eigenvalue weighted by Gasteiger charge is 2.45. The lowest BCUT2D eigenvalue weighted by molar-refractivity contribution is 0.531. The van der Waals surface area contributed by atoms with Crippen LogP contribution in [0.15, 0.2) is 54.7 Å². The lowest BCUT2D eigenvalue weighted by Crippen LogP contribution is -2.30. The zero-order valence-electron chi connectivity index (χ0n) is 17.4. The van der Waals surface area contributed by atoms with Gasteiger partial charge in [-0.2, -0.15) is 0 Å². The first kappa shape index (κ1) is 17.1. The Hall–Kier alpha value is -2.74. The van der Waals surface area contributed by atoms with Crippen LogP contribution in [0, 0.1) is 0 Å². The third-order valence-electron chi connectivity index (χ3n) is 7.12. The fourth-order valence-electron chi connectivity index (χ4n) is 5.76. The molecule has 2 heteroatoms. The highest BCUT2D eigenvalue weighted by molar-refractivity contribution is 6.05. The van der Waals surface area contributed by atoms with E-state index < -0.39 is 0 Å². The molecule has 2 aromatic carbocycles. The van der Waals surface area contributed by atoms with Crippen molar-refractivity contribution >= 4 is 21.7 Å². The van der Waals surface area contributed by atoms with E-state index in [1.54, 1.807) is 0 Å². The Morgan fingerprint density at radius 2 is 1.72 bits per heavy atom. The minimum Gasteiger partial charge on any atom is -0.255 e. The summed E-state index contributed by atoms with van der Waals surface area (Å²) < 4.78 is 0. The molecular formula is C27H26N2. The molecule has 144 valence electrons. The second-order valence-electron chi connectivity index (χ2n) is 9.86. The largest absolute Gasteiger partial charge is 0.255 e. The van der Waals surface area contributed by atoms with Gasteiger partial charge in [-0.3, -0.25) is 9.97 Å². The van der Waals surface area contributed by atoms with Crippen LogP contribution in [0.3, 0.4) is 0 Å². The monoisotopic (exact) mass is 378 g/mol. The van der Waals surface area contributed by atoms with Gasteiger partial charge in [-0.1, -0.05) is 70.0 Å². The van der Waals surface area contributed by atoms with E-state index in [4.69, 9.17) is 9.97 Å². The van der Waals surface area contributed by atoms with Gasteiger partial charge in [0.1, 0.15) is 0 Å². The molecule has 0 saturated heterocycles. The SMILES string of the molecule is CC(C)(C)c1cc2c3c(nccc3n1)-c1ccc3ccccc3c1C21CCCC1. The van der Waals surface area contributed by atoms with E-state index in [1.807, 2.05) is 6.20 Å². The van der Waals surface area contributed by atoms with E-state index in [1.165, 1.54) is 64.2 Å². The van der Waals surface area contributed by atoms with Gasteiger partial charge in [0.2, 0.25) is 0 Å². The lowest BCUT2D eigenvalue weighted by Gasteiger charge is -2.39. The molecule has 0 atom stereocenters. The number of hydrogen-bond donors (Lipinski definition) is 0. The van der Waals surface area contributed by atoms with Gasteiger partial charge < -0.3 is 0 Å². The van der Waals surface area contributed by atoms with Crippen LogP contribution in [0.2, 0.25) is 0 Å². The summed E-state index contributed by atoms with van der Waals surface area (Å²) in [4.78, 5) is 9.99. The van der Waals surface area contributed by atoms with Gasteiger partial charge in [0.05, 0.1) is 11.2 Å². The number of rotatable bonds is 0. The van der Waals surface area contributed by atoms with E-state index >= 15 is 0 Å². The molecular weight excluding hydrogens is 352 g/mol. The second-order valence-corrected chi connectivity index (χ2v) is 9.86. The van der Waals surface area contributed by atoms with Crippen LogP contribution in [0.25, 0.3) is 32.9 Å². The summed E-state index contributed by atoms with van der Waals surface area (Å²) in [6.07, 6.45) is 6.93. The van der Waals surface area contributed by atoms with Crippen LogP contribution < -0.4 is 0 Å². The van der Waals surface area contributed by atoms with Gasteiger partial charge in [-0.25, -0.2) is 0 Å². The Morgan fingerprint density at radius 1 is 0.931 bits per heavy atom. The van der Waals surface area contributed by atoms with E-state index in [-0.39, 0.29) is 10.8 Å². The minimum absolute atomic E-state index is 0.0208. The molecule has 6 rings (SSSR count). The first-order valence-electron chi connectivity index (χ1n) is 10.8. The molecule has 0 aliphatic heterocycles. The van der Waals surface area contributed by atoms with Gasteiger partial charge >= 0.3 is 0 Å². The molecule has 4 aromatic rings. The maximum absolute atomic E-state index is 5.10. The number of nitrogens with zero attached hydrogens (tertiary/aromatic N) is 2. The van der Waals surface area contributed by atoms with Gasteiger partial charge in [0, 0.05) is 33.7 Å². The molecule has 0 bridgehead atoms. The normalized spacial score (nSPS) is 17.2. The zero-order chi connectivity index (χ0) is 19.8. The maximum Gasteiger partial charge on any atom is 0.0802 e. The molecule has 1 saturated carbocycles. The summed E-state index contributed by atoms with van der Waals surface area (Å²) in [6, 6.07) is 18.0. The molecule has 1 fully saturated rings. The molecule has 0 N–H and O–H groups in total. The molecule has 0 amide bonds. The van der Waals surface area contributed by atoms with Crippen LogP contribution in [0.4, 0.5) is 0 Å². The summed E-state index contributed by atoms with van der Waals surface area (Å²) in [5.74, 6) is 0. The van der Waals surface area contributed by atoms with Crippen LogP contribution >= 0.6 is 0 Å². The predicted octanol–water partition coefficient (Wildman–Crippen LogP) is 6.92. The number of aromatic nitrogens is 2. The third-order valence-corrected chi connectivity index (χ3v) is 7.12.